The average Bonchev–Trinajstić information content (AvgIpc) is 2.85. The summed E-state index contributed by atoms with van der Waals surface area (Å²) in [7, 11) is 0. The van der Waals surface area contributed by atoms with Crippen LogP contribution in [0, 0.1) is 0 Å². The van der Waals surface area contributed by atoms with Crippen molar-refractivity contribution < 1.29 is 0 Å². The van der Waals surface area contributed by atoms with Crippen molar-refractivity contribution in [2.75, 3.05) is 0 Å². The highest BCUT2D eigenvalue weighted by atomic mass is 32.1. The van der Waals surface area contributed by atoms with E-state index in [9.17, 15) is 0 Å². The molecule has 0 saturated heterocycles. The first kappa shape index (κ1) is 12.7. The van der Waals surface area contributed by atoms with Gasteiger partial charge < -0.3 is 5.73 Å². The van der Waals surface area contributed by atoms with E-state index in [1.54, 1.807) is 22.7 Å². The van der Waals surface area contributed by atoms with Gasteiger partial charge in [0.2, 0.25) is 0 Å². The van der Waals surface area contributed by atoms with E-state index in [1.165, 1.54) is 0 Å². The molecule has 0 saturated carbocycles. The van der Waals surface area contributed by atoms with E-state index >= 15 is 0 Å². The van der Waals surface area contributed by atoms with Crippen LogP contribution in [0.1, 0.15) is 43.2 Å². The molecule has 0 aliphatic rings. The van der Waals surface area contributed by atoms with Crippen molar-refractivity contribution in [3.63, 3.8) is 0 Å². The van der Waals surface area contributed by atoms with Crippen LogP contribution in [0.4, 0.5) is 0 Å². The van der Waals surface area contributed by atoms with Crippen LogP contribution in [-0.2, 0) is 11.8 Å². The van der Waals surface area contributed by atoms with Crippen LogP contribution in [0.5, 0.6) is 0 Å². The first-order valence-corrected chi connectivity index (χ1v) is 7.37. The number of thiazole rings is 2. The number of aromatic nitrogens is 2. The molecule has 0 bridgehead atoms. The van der Waals surface area contributed by atoms with E-state index in [2.05, 4.69) is 36.1 Å². The zero-order chi connectivity index (χ0) is 12.5. The Labute approximate surface area is 110 Å². The van der Waals surface area contributed by atoms with Gasteiger partial charge in [0.05, 0.1) is 27.9 Å². The Morgan fingerprint density at radius 3 is 2.65 bits per heavy atom. The second-order valence-electron chi connectivity index (χ2n) is 5.10. The smallest absolute Gasteiger partial charge is 0.0948 e. The fraction of sp³-hybridized carbons (Fsp3) is 0.500. The third-order valence-electron chi connectivity index (χ3n) is 2.55. The minimum atomic E-state index is -0.0415. The van der Waals surface area contributed by atoms with E-state index in [0.717, 1.165) is 22.8 Å². The first-order chi connectivity index (χ1) is 7.97. The van der Waals surface area contributed by atoms with Crippen LogP contribution < -0.4 is 5.73 Å². The van der Waals surface area contributed by atoms with Crippen molar-refractivity contribution in [3.05, 3.63) is 32.7 Å². The van der Waals surface area contributed by atoms with E-state index in [1.807, 2.05) is 10.9 Å². The Balaban J connectivity index is 2.07. The molecule has 92 valence electrons. The summed E-state index contributed by atoms with van der Waals surface area (Å²) in [4.78, 5) is 8.88. The fourth-order valence-electron chi connectivity index (χ4n) is 1.45. The van der Waals surface area contributed by atoms with Crippen LogP contribution in [-0.4, -0.2) is 9.97 Å². The minimum absolute atomic E-state index is 0.0415. The molecule has 2 aromatic rings. The standard InChI is InChI=1S/C12H17N3S2/c1-12(2,3)10-6-17-11(15-10)4-8(13)9-5-16-7-14-9/h5-8H,4,13H2,1-3H3. The Kier molecular flexibility index (Phi) is 3.61. The van der Waals surface area contributed by atoms with Gasteiger partial charge in [-0.15, -0.1) is 22.7 Å². The zero-order valence-corrected chi connectivity index (χ0v) is 11.9. The van der Waals surface area contributed by atoms with Gasteiger partial charge in [0.1, 0.15) is 0 Å². The predicted molar refractivity (Wildman–Crippen MR) is 73.6 cm³/mol. The van der Waals surface area contributed by atoms with Gasteiger partial charge in [-0.25, -0.2) is 9.97 Å². The molecular weight excluding hydrogens is 250 g/mol. The zero-order valence-electron chi connectivity index (χ0n) is 10.3. The molecule has 17 heavy (non-hydrogen) atoms. The highest BCUT2D eigenvalue weighted by molar-refractivity contribution is 7.09. The van der Waals surface area contributed by atoms with Gasteiger partial charge in [0.15, 0.2) is 0 Å². The van der Waals surface area contributed by atoms with Gasteiger partial charge in [0.25, 0.3) is 0 Å². The summed E-state index contributed by atoms with van der Waals surface area (Å²) in [6, 6.07) is -0.0415. The minimum Gasteiger partial charge on any atom is -0.322 e. The maximum absolute atomic E-state index is 6.10. The molecule has 2 heterocycles. The molecule has 0 radical (unpaired) electrons. The van der Waals surface area contributed by atoms with Gasteiger partial charge in [-0.05, 0) is 0 Å². The lowest BCUT2D eigenvalue weighted by Gasteiger charge is -2.14. The summed E-state index contributed by atoms with van der Waals surface area (Å²) >= 11 is 3.27. The average molecular weight is 267 g/mol. The molecule has 2 N–H and O–H groups in total. The normalized spacial score (nSPS) is 13.9. The molecule has 2 rings (SSSR count). The lowest BCUT2D eigenvalue weighted by molar-refractivity contribution is 0.568. The highest BCUT2D eigenvalue weighted by Crippen LogP contribution is 2.26. The molecule has 0 aliphatic heterocycles. The maximum Gasteiger partial charge on any atom is 0.0948 e. The van der Waals surface area contributed by atoms with Gasteiger partial charge in [-0.3, -0.25) is 0 Å². The van der Waals surface area contributed by atoms with E-state index in [4.69, 9.17) is 5.73 Å². The fourth-order valence-corrected chi connectivity index (χ4v) is 3.15. The Bertz CT molecular complexity index is 468. The number of rotatable bonds is 3. The van der Waals surface area contributed by atoms with Crippen LogP contribution in [0.3, 0.4) is 0 Å². The lowest BCUT2D eigenvalue weighted by Crippen LogP contribution is -2.15. The van der Waals surface area contributed by atoms with Crippen LogP contribution in [0.15, 0.2) is 16.3 Å². The molecule has 0 spiro atoms. The van der Waals surface area contributed by atoms with E-state index < -0.39 is 0 Å². The van der Waals surface area contributed by atoms with Crippen molar-refractivity contribution in [1.82, 2.24) is 9.97 Å². The molecule has 5 heteroatoms. The summed E-state index contributed by atoms with van der Waals surface area (Å²) in [5, 5.41) is 5.22. The molecular formula is C12H17N3S2. The first-order valence-electron chi connectivity index (χ1n) is 5.55. The largest absolute Gasteiger partial charge is 0.322 e. The quantitative estimate of drug-likeness (QED) is 0.929. The highest BCUT2D eigenvalue weighted by Gasteiger charge is 2.18. The van der Waals surface area contributed by atoms with Gasteiger partial charge in [-0.2, -0.15) is 0 Å². The Hall–Kier alpha value is -0.780. The topological polar surface area (TPSA) is 51.8 Å². The summed E-state index contributed by atoms with van der Waals surface area (Å²) in [5.74, 6) is 0. The number of hydrogen-bond donors (Lipinski definition) is 1. The summed E-state index contributed by atoms with van der Waals surface area (Å²) < 4.78 is 0. The Morgan fingerprint density at radius 1 is 1.35 bits per heavy atom. The lowest BCUT2D eigenvalue weighted by atomic mass is 9.93. The number of hydrogen-bond acceptors (Lipinski definition) is 5. The van der Waals surface area contributed by atoms with E-state index in [-0.39, 0.29) is 11.5 Å². The molecule has 0 aromatic carbocycles. The number of nitrogens with zero attached hydrogens (tertiary/aromatic N) is 2. The SMILES string of the molecule is CC(C)(C)c1csc(CC(N)c2cscn2)n1. The molecule has 0 amide bonds. The van der Waals surface area contributed by atoms with Crippen molar-refractivity contribution in [2.24, 2.45) is 5.73 Å². The number of nitrogens with two attached hydrogens (primary N) is 1. The third kappa shape index (κ3) is 3.12. The Morgan fingerprint density at radius 2 is 2.12 bits per heavy atom. The molecule has 3 nitrogen and oxygen atoms in total. The maximum atomic E-state index is 6.10. The third-order valence-corrected chi connectivity index (χ3v) is 4.02. The summed E-state index contributed by atoms with van der Waals surface area (Å²) in [5.41, 5.74) is 10.1. The second-order valence-corrected chi connectivity index (χ2v) is 6.76. The monoisotopic (exact) mass is 267 g/mol. The van der Waals surface area contributed by atoms with Gasteiger partial charge >= 0.3 is 0 Å². The van der Waals surface area contributed by atoms with Crippen molar-refractivity contribution in [3.8, 4) is 0 Å². The molecule has 1 unspecified atom stereocenters. The van der Waals surface area contributed by atoms with Crippen molar-refractivity contribution in [2.45, 2.75) is 38.6 Å². The molecule has 0 aliphatic carbocycles. The van der Waals surface area contributed by atoms with Crippen molar-refractivity contribution >= 4 is 22.7 Å². The predicted octanol–water partition coefficient (Wildman–Crippen LogP) is 3.14. The molecule has 2 aromatic heterocycles. The summed E-state index contributed by atoms with van der Waals surface area (Å²) in [6.45, 7) is 6.52. The second kappa shape index (κ2) is 4.84. The molecule has 1 atom stereocenters. The van der Waals surface area contributed by atoms with Gasteiger partial charge in [0, 0.05) is 22.6 Å². The van der Waals surface area contributed by atoms with Crippen LogP contribution in [0.25, 0.3) is 0 Å². The molecule has 0 fully saturated rings. The van der Waals surface area contributed by atoms with E-state index in [0.29, 0.717) is 0 Å². The van der Waals surface area contributed by atoms with Crippen molar-refractivity contribution in [1.29, 1.82) is 0 Å². The summed E-state index contributed by atoms with van der Waals surface area (Å²) in [6.07, 6.45) is 0.768. The van der Waals surface area contributed by atoms with Crippen LogP contribution >= 0.6 is 22.7 Å². The van der Waals surface area contributed by atoms with Crippen LogP contribution in [0.2, 0.25) is 0 Å². The van der Waals surface area contributed by atoms with Gasteiger partial charge in [-0.1, -0.05) is 20.8 Å².